The third-order valence-corrected chi connectivity index (χ3v) is 2.54. The number of hydrogen-bond donors (Lipinski definition) is 1. The van der Waals surface area contributed by atoms with Gasteiger partial charge < -0.3 is 10.2 Å². The minimum atomic E-state index is 0.230. The molecule has 1 amide bonds. The summed E-state index contributed by atoms with van der Waals surface area (Å²) in [5.41, 5.74) is 1.04. The van der Waals surface area contributed by atoms with Crippen molar-refractivity contribution in [3.05, 3.63) is 12.2 Å². The number of nitrogens with one attached hydrogen (secondary N) is 1. The van der Waals surface area contributed by atoms with Crippen LogP contribution in [0.25, 0.3) is 0 Å². The standard InChI is InChI=1S/C12H22N2O/c1-4-14(9-10(2)3)12(15)7-8-13-11-5-6-11/h11,13H,2,4-9H2,1,3H3. The normalized spacial score (nSPS) is 15.1. The fourth-order valence-electron chi connectivity index (χ4n) is 1.53. The van der Waals surface area contributed by atoms with E-state index in [9.17, 15) is 4.79 Å². The largest absolute Gasteiger partial charge is 0.339 e. The van der Waals surface area contributed by atoms with E-state index in [2.05, 4.69) is 11.9 Å². The molecule has 0 aromatic heterocycles. The quantitative estimate of drug-likeness (QED) is 0.647. The lowest BCUT2D eigenvalue weighted by Gasteiger charge is -2.21. The molecule has 3 nitrogen and oxygen atoms in total. The number of carbonyl (C=O) groups is 1. The van der Waals surface area contributed by atoms with Crippen LogP contribution < -0.4 is 5.32 Å². The molecule has 0 bridgehead atoms. The van der Waals surface area contributed by atoms with Crippen molar-refractivity contribution in [2.45, 2.75) is 39.2 Å². The van der Waals surface area contributed by atoms with Crippen LogP contribution in [0.4, 0.5) is 0 Å². The molecule has 0 heterocycles. The molecular formula is C12H22N2O. The highest BCUT2D eigenvalue weighted by molar-refractivity contribution is 5.76. The van der Waals surface area contributed by atoms with E-state index in [1.54, 1.807) is 0 Å². The van der Waals surface area contributed by atoms with Crippen molar-refractivity contribution >= 4 is 5.91 Å². The van der Waals surface area contributed by atoms with E-state index in [0.29, 0.717) is 19.0 Å². The highest BCUT2D eigenvalue weighted by Gasteiger charge is 2.20. The van der Waals surface area contributed by atoms with Crippen molar-refractivity contribution in [2.24, 2.45) is 0 Å². The lowest BCUT2D eigenvalue weighted by molar-refractivity contribution is -0.130. The Kier molecular flexibility index (Phi) is 4.82. The Labute approximate surface area is 92.5 Å². The van der Waals surface area contributed by atoms with Crippen molar-refractivity contribution in [3.8, 4) is 0 Å². The predicted octanol–water partition coefficient (Wildman–Crippen LogP) is 1.55. The monoisotopic (exact) mass is 210 g/mol. The molecule has 1 rings (SSSR count). The van der Waals surface area contributed by atoms with E-state index in [0.717, 1.165) is 18.7 Å². The van der Waals surface area contributed by atoms with Gasteiger partial charge in [-0.1, -0.05) is 12.2 Å². The van der Waals surface area contributed by atoms with Gasteiger partial charge in [0.15, 0.2) is 0 Å². The summed E-state index contributed by atoms with van der Waals surface area (Å²) in [6, 6.07) is 0.689. The molecule has 15 heavy (non-hydrogen) atoms. The average molecular weight is 210 g/mol. The maximum atomic E-state index is 11.8. The number of hydrogen-bond acceptors (Lipinski definition) is 2. The molecule has 1 saturated carbocycles. The van der Waals surface area contributed by atoms with Crippen LogP contribution in [0.1, 0.15) is 33.1 Å². The summed E-state index contributed by atoms with van der Waals surface area (Å²) in [5.74, 6) is 0.230. The van der Waals surface area contributed by atoms with E-state index < -0.39 is 0 Å². The summed E-state index contributed by atoms with van der Waals surface area (Å²) in [7, 11) is 0. The summed E-state index contributed by atoms with van der Waals surface area (Å²) in [6.07, 6.45) is 3.16. The Balaban J connectivity index is 2.18. The number of amides is 1. The number of nitrogens with zero attached hydrogens (tertiary/aromatic N) is 1. The second-order valence-electron chi connectivity index (χ2n) is 4.34. The van der Waals surface area contributed by atoms with Gasteiger partial charge in [-0.2, -0.15) is 0 Å². The fourth-order valence-corrected chi connectivity index (χ4v) is 1.53. The van der Waals surface area contributed by atoms with Gasteiger partial charge in [0, 0.05) is 32.1 Å². The molecule has 1 N–H and O–H groups in total. The molecule has 0 saturated heterocycles. The second-order valence-corrected chi connectivity index (χ2v) is 4.34. The Morgan fingerprint density at radius 3 is 2.67 bits per heavy atom. The molecule has 0 unspecified atom stereocenters. The van der Waals surface area contributed by atoms with Gasteiger partial charge >= 0.3 is 0 Å². The van der Waals surface area contributed by atoms with E-state index >= 15 is 0 Å². The van der Waals surface area contributed by atoms with Crippen molar-refractivity contribution in [1.29, 1.82) is 0 Å². The van der Waals surface area contributed by atoms with Crippen molar-refractivity contribution in [1.82, 2.24) is 10.2 Å². The van der Waals surface area contributed by atoms with Gasteiger partial charge in [0.2, 0.25) is 5.91 Å². The highest BCUT2D eigenvalue weighted by atomic mass is 16.2. The molecule has 1 fully saturated rings. The minimum absolute atomic E-state index is 0.230. The van der Waals surface area contributed by atoms with Crippen LogP contribution in [0.2, 0.25) is 0 Å². The first-order valence-electron chi connectivity index (χ1n) is 5.79. The van der Waals surface area contributed by atoms with E-state index in [1.165, 1.54) is 12.8 Å². The third-order valence-electron chi connectivity index (χ3n) is 2.54. The minimum Gasteiger partial charge on any atom is -0.339 e. The molecular weight excluding hydrogens is 188 g/mol. The lowest BCUT2D eigenvalue weighted by atomic mass is 10.3. The topological polar surface area (TPSA) is 32.3 Å². The summed E-state index contributed by atoms with van der Waals surface area (Å²) < 4.78 is 0. The van der Waals surface area contributed by atoms with Crippen LogP contribution >= 0.6 is 0 Å². The fraction of sp³-hybridized carbons (Fsp3) is 0.750. The Bertz CT molecular complexity index is 234. The van der Waals surface area contributed by atoms with E-state index in [1.807, 2.05) is 18.7 Å². The van der Waals surface area contributed by atoms with Crippen LogP contribution in [0, 0.1) is 0 Å². The van der Waals surface area contributed by atoms with Gasteiger partial charge in [0.25, 0.3) is 0 Å². The zero-order valence-corrected chi connectivity index (χ0v) is 9.88. The van der Waals surface area contributed by atoms with Crippen LogP contribution in [-0.4, -0.2) is 36.5 Å². The highest BCUT2D eigenvalue weighted by Crippen LogP contribution is 2.18. The summed E-state index contributed by atoms with van der Waals surface area (Å²) >= 11 is 0. The first-order chi connectivity index (χ1) is 7.13. The Hall–Kier alpha value is -0.830. The zero-order chi connectivity index (χ0) is 11.3. The van der Waals surface area contributed by atoms with Crippen LogP contribution in [-0.2, 0) is 4.79 Å². The van der Waals surface area contributed by atoms with Gasteiger partial charge in [0.1, 0.15) is 0 Å². The summed E-state index contributed by atoms with van der Waals surface area (Å²) in [6.45, 7) is 10.1. The van der Waals surface area contributed by atoms with Crippen LogP contribution in [0.5, 0.6) is 0 Å². The first kappa shape index (κ1) is 12.2. The van der Waals surface area contributed by atoms with Crippen LogP contribution in [0.15, 0.2) is 12.2 Å². The third kappa shape index (κ3) is 4.98. The maximum Gasteiger partial charge on any atom is 0.224 e. The molecule has 0 atom stereocenters. The van der Waals surface area contributed by atoms with Gasteiger partial charge in [-0.15, -0.1) is 0 Å². The van der Waals surface area contributed by atoms with E-state index in [-0.39, 0.29) is 5.91 Å². The lowest BCUT2D eigenvalue weighted by Crippen LogP contribution is -2.34. The summed E-state index contributed by atoms with van der Waals surface area (Å²) in [5, 5.41) is 3.35. The summed E-state index contributed by atoms with van der Waals surface area (Å²) in [4.78, 5) is 13.6. The molecule has 0 spiro atoms. The van der Waals surface area contributed by atoms with Crippen molar-refractivity contribution in [2.75, 3.05) is 19.6 Å². The molecule has 1 aliphatic rings. The SMILES string of the molecule is C=C(C)CN(CC)C(=O)CCNC1CC1. The first-order valence-corrected chi connectivity index (χ1v) is 5.79. The average Bonchev–Trinajstić information content (AvgIpc) is 2.97. The van der Waals surface area contributed by atoms with Crippen molar-refractivity contribution in [3.63, 3.8) is 0 Å². The number of likely N-dealkylation sites (N-methyl/N-ethyl adjacent to an activating group) is 1. The Morgan fingerprint density at radius 1 is 1.53 bits per heavy atom. The van der Waals surface area contributed by atoms with Gasteiger partial charge in [-0.3, -0.25) is 4.79 Å². The van der Waals surface area contributed by atoms with E-state index in [4.69, 9.17) is 0 Å². The molecule has 86 valence electrons. The van der Waals surface area contributed by atoms with Gasteiger partial charge in [-0.05, 0) is 26.7 Å². The molecule has 0 aromatic carbocycles. The Morgan fingerprint density at radius 2 is 2.20 bits per heavy atom. The van der Waals surface area contributed by atoms with Crippen LogP contribution in [0.3, 0.4) is 0 Å². The molecule has 3 heteroatoms. The smallest absolute Gasteiger partial charge is 0.224 e. The molecule has 0 aromatic rings. The molecule has 1 aliphatic carbocycles. The van der Waals surface area contributed by atoms with Gasteiger partial charge in [-0.25, -0.2) is 0 Å². The molecule has 0 aliphatic heterocycles. The van der Waals surface area contributed by atoms with Crippen molar-refractivity contribution < 1.29 is 4.79 Å². The zero-order valence-electron chi connectivity index (χ0n) is 9.88. The maximum absolute atomic E-state index is 11.8. The van der Waals surface area contributed by atoms with Gasteiger partial charge in [0.05, 0.1) is 0 Å². The second kappa shape index (κ2) is 5.91. The number of carbonyl (C=O) groups excluding carboxylic acids is 1. The molecule has 0 radical (unpaired) electrons. The number of rotatable bonds is 7. The predicted molar refractivity (Wildman–Crippen MR) is 62.7 cm³/mol.